The zero-order valence-electron chi connectivity index (χ0n) is 11.9. The molecule has 0 aliphatic carbocycles. The van der Waals surface area contributed by atoms with Crippen LogP contribution in [-0.2, 0) is 4.79 Å². The molecule has 1 saturated heterocycles. The summed E-state index contributed by atoms with van der Waals surface area (Å²) in [5.74, 6) is -0.245. The van der Waals surface area contributed by atoms with Gasteiger partial charge >= 0.3 is 12.0 Å². The number of carbonyl (C=O) groups is 2. The molecule has 0 aromatic heterocycles. The van der Waals surface area contributed by atoms with Crippen molar-refractivity contribution in [3.8, 4) is 5.75 Å². The number of nitrogens with zero attached hydrogens (tertiary/aromatic N) is 1. The summed E-state index contributed by atoms with van der Waals surface area (Å²) in [4.78, 5) is 25.0. The monoisotopic (exact) mass is 356 g/mol. The van der Waals surface area contributed by atoms with Crippen molar-refractivity contribution in [2.24, 2.45) is 5.41 Å². The van der Waals surface area contributed by atoms with Crippen LogP contribution in [0.1, 0.15) is 13.3 Å². The van der Waals surface area contributed by atoms with Gasteiger partial charge in [-0.1, -0.05) is 0 Å². The molecule has 1 unspecified atom stereocenters. The van der Waals surface area contributed by atoms with Crippen LogP contribution in [0.25, 0.3) is 0 Å². The molecule has 114 valence electrons. The Morgan fingerprint density at radius 3 is 2.76 bits per heavy atom. The standard InChI is InChI=1S/C14H17BrN2O4/c1-14(12(18)19)5-6-17(8-14)13(20)16-11-7-9(21-2)3-4-10(11)15/h3-4,7H,5-6,8H2,1-2H3,(H,16,20)(H,18,19). The van der Waals surface area contributed by atoms with Crippen LogP contribution in [0.5, 0.6) is 5.75 Å². The van der Waals surface area contributed by atoms with E-state index in [9.17, 15) is 14.7 Å². The molecule has 2 N–H and O–H groups in total. The maximum Gasteiger partial charge on any atom is 0.321 e. The minimum Gasteiger partial charge on any atom is -0.497 e. The lowest BCUT2D eigenvalue weighted by Gasteiger charge is -2.21. The number of hydrogen-bond acceptors (Lipinski definition) is 3. The molecule has 21 heavy (non-hydrogen) atoms. The number of benzene rings is 1. The molecular formula is C14H17BrN2O4. The van der Waals surface area contributed by atoms with E-state index in [0.29, 0.717) is 24.4 Å². The summed E-state index contributed by atoms with van der Waals surface area (Å²) in [7, 11) is 1.55. The maximum atomic E-state index is 12.2. The van der Waals surface area contributed by atoms with Crippen molar-refractivity contribution in [1.29, 1.82) is 0 Å². The molecule has 0 radical (unpaired) electrons. The van der Waals surface area contributed by atoms with E-state index in [1.165, 1.54) is 4.90 Å². The highest BCUT2D eigenvalue weighted by molar-refractivity contribution is 9.10. The van der Waals surface area contributed by atoms with Gasteiger partial charge in [-0.2, -0.15) is 0 Å². The highest BCUT2D eigenvalue weighted by atomic mass is 79.9. The number of anilines is 1. The van der Waals surface area contributed by atoms with Crippen LogP contribution in [0.3, 0.4) is 0 Å². The third-order valence-electron chi connectivity index (χ3n) is 3.69. The van der Waals surface area contributed by atoms with E-state index in [2.05, 4.69) is 21.2 Å². The van der Waals surface area contributed by atoms with Crippen LogP contribution in [-0.4, -0.2) is 42.2 Å². The van der Waals surface area contributed by atoms with Gasteiger partial charge in [-0.05, 0) is 41.4 Å². The van der Waals surface area contributed by atoms with Gasteiger partial charge in [-0.25, -0.2) is 4.79 Å². The number of urea groups is 1. The SMILES string of the molecule is COc1ccc(Br)c(NC(=O)N2CCC(C)(C(=O)O)C2)c1. The predicted molar refractivity (Wildman–Crippen MR) is 81.6 cm³/mol. The van der Waals surface area contributed by atoms with Crippen LogP contribution in [0.15, 0.2) is 22.7 Å². The van der Waals surface area contributed by atoms with E-state index in [1.54, 1.807) is 32.2 Å². The van der Waals surface area contributed by atoms with Crippen molar-refractivity contribution in [2.45, 2.75) is 13.3 Å². The summed E-state index contributed by atoms with van der Waals surface area (Å²) >= 11 is 3.36. The Morgan fingerprint density at radius 2 is 2.19 bits per heavy atom. The summed E-state index contributed by atoms with van der Waals surface area (Å²) in [6.07, 6.45) is 0.453. The average molecular weight is 357 g/mol. The molecule has 1 atom stereocenters. The number of nitrogens with one attached hydrogen (secondary N) is 1. The van der Waals surface area contributed by atoms with Crippen LogP contribution >= 0.6 is 15.9 Å². The Labute approximate surface area is 131 Å². The van der Waals surface area contributed by atoms with Crippen LogP contribution < -0.4 is 10.1 Å². The van der Waals surface area contributed by atoms with Gasteiger partial charge in [-0.3, -0.25) is 4.79 Å². The summed E-state index contributed by atoms with van der Waals surface area (Å²) < 4.78 is 5.85. The van der Waals surface area contributed by atoms with Gasteiger partial charge in [0.15, 0.2) is 0 Å². The number of aliphatic carboxylic acids is 1. The van der Waals surface area contributed by atoms with Gasteiger partial charge < -0.3 is 20.1 Å². The quantitative estimate of drug-likeness (QED) is 0.872. The number of rotatable bonds is 3. The van der Waals surface area contributed by atoms with E-state index in [4.69, 9.17) is 4.74 Å². The van der Waals surface area contributed by atoms with Crippen LogP contribution in [0.4, 0.5) is 10.5 Å². The van der Waals surface area contributed by atoms with Gasteiger partial charge in [0.25, 0.3) is 0 Å². The molecule has 1 aliphatic heterocycles. The summed E-state index contributed by atoms with van der Waals surface area (Å²) in [6, 6.07) is 4.94. The normalized spacial score (nSPS) is 21.2. The molecule has 1 aliphatic rings. The van der Waals surface area contributed by atoms with Gasteiger partial charge in [0, 0.05) is 23.6 Å². The second-order valence-corrected chi connectivity index (χ2v) is 6.17. The first-order valence-corrected chi connectivity index (χ1v) is 7.28. The van der Waals surface area contributed by atoms with Gasteiger partial charge in [0.1, 0.15) is 5.75 Å². The van der Waals surface area contributed by atoms with Crippen molar-refractivity contribution in [2.75, 3.05) is 25.5 Å². The molecule has 0 saturated carbocycles. The van der Waals surface area contributed by atoms with E-state index in [0.717, 1.165) is 4.47 Å². The Balaban J connectivity index is 2.08. The van der Waals surface area contributed by atoms with Crippen LogP contribution in [0.2, 0.25) is 0 Å². The Bertz CT molecular complexity index is 578. The number of carbonyl (C=O) groups excluding carboxylic acids is 1. The number of amides is 2. The lowest BCUT2D eigenvalue weighted by molar-refractivity contribution is -0.146. The number of likely N-dealkylation sites (tertiary alicyclic amines) is 1. The molecule has 2 rings (SSSR count). The Morgan fingerprint density at radius 1 is 1.48 bits per heavy atom. The highest BCUT2D eigenvalue weighted by Crippen LogP contribution is 2.32. The zero-order valence-corrected chi connectivity index (χ0v) is 13.4. The first-order valence-electron chi connectivity index (χ1n) is 6.48. The van der Waals surface area contributed by atoms with Crippen molar-refractivity contribution in [1.82, 2.24) is 4.90 Å². The number of carboxylic acid groups (broad SMARTS) is 1. The smallest absolute Gasteiger partial charge is 0.321 e. The van der Waals surface area contributed by atoms with Gasteiger partial charge in [0.05, 0.1) is 18.2 Å². The minimum absolute atomic E-state index is 0.204. The summed E-state index contributed by atoms with van der Waals surface area (Å²) in [5.41, 5.74) is -0.286. The fourth-order valence-corrected chi connectivity index (χ4v) is 2.58. The third-order valence-corrected chi connectivity index (χ3v) is 4.38. The second-order valence-electron chi connectivity index (χ2n) is 5.31. The highest BCUT2D eigenvalue weighted by Gasteiger charge is 2.42. The largest absolute Gasteiger partial charge is 0.497 e. The van der Waals surface area contributed by atoms with E-state index < -0.39 is 11.4 Å². The van der Waals surface area contributed by atoms with Crippen LogP contribution in [0, 0.1) is 5.41 Å². The molecule has 1 heterocycles. The molecular weight excluding hydrogens is 340 g/mol. The maximum absolute atomic E-state index is 12.2. The number of hydrogen-bond donors (Lipinski definition) is 2. The molecule has 0 spiro atoms. The first-order chi connectivity index (χ1) is 9.85. The summed E-state index contributed by atoms with van der Waals surface area (Å²) in [6.45, 7) is 2.29. The molecule has 2 amide bonds. The predicted octanol–water partition coefficient (Wildman–Crippen LogP) is 2.79. The molecule has 1 aromatic carbocycles. The van der Waals surface area contributed by atoms with E-state index in [1.807, 2.05) is 0 Å². The Hall–Kier alpha value is -1.76. The third kappa shape index (κ3) is 3.29. The number of ether oxygens (including phenoxy) is 1. The lowest BCUT2D eigenvalue weighted by atomic mass is 9.90. The fourth-order valence-electron chi connectivity index (χ4n) is 2.23. The molecule has 1 aromatic rings. The summed E-state index contributed by atoms with van der Waals surface area (Å²) in [5, 5.41) is 12.0. The Kier molecular flexibility index (Phi) is 4.41. The topological polar surface area (TPSA) is 78.9 Å². The zero-order chi connectivity index (χ0) is 15.6. The van der Waals surface area contributed by atoms with Crippen molar-refractivity contribution in [3.05, 3.63) is 22.7 Å². The van der Waals surface area contributed by atoms with E-state index >= 15 is 0 Å². The van der Waals surface area contributed by atoms with E-state index in [-0.39, 0.29) is 12.6 Å². The molecule has 7 heteroatoms. The number of methoxy groups -OCH3 is 1. The minimum atomic E-state index is -0.875. The van der Waals surface area contributed by atoms with Crippen molar-refractivity contribution >= 4 is 33.6 Å². The first kappa shape index (κ1) is 15.6. The van der Waals surface area contributed by atoms with Gasteiger partial charge in [0.2, 0.25) is 0 Å². The lowest BCUT2D eigenvalue weighted by Crippen LogP contribution is -2.37. The van der Waals surface area contributed by atoms with Gasteiger partial charge in [-0.15, -0.1) is 0 Å². The van der Waals surface area contributed by atoms with Crippen molar-refractivity contribution < 1.29 is 19.4 Å². The number of halogens is 1. The molecule has 0 bridgehead atoms. The fraction of sp³-hybridized carbons (Fsp3) is 0.429. The number of carboxylic acids is 1. The molecule has 1 fully saturated rings. The average Bonchev–Trinajstić information content (AvgIpc) is 2.85. The second kappa shape index (κ2) is 5.93. The van der Waals surface area contributed by atoms with Crippen molar-refractivity contribution in [3.63, 3.8) is 0 Å². The molecule has 6 nitrogen and oxygen atoms in total.